The van der Waals surface area contributed by atoms with Gasteiger partial charge in [-0.15, -0.1) is 0 Å². The summed E-state index contributed by atoms with van der Waals surface area (Å²) in [5.74, 6) is 1.32. The number of rotatable bonds is 3. The fourth-order valence-corrected chi connectivity index (χ4v) is 2.59. The molecular weight excluding hydrogens is 260 g/mol. The first-order valence-electron chi connectivity index (χ1n) is 6.95. The Kier molecular flexibility index (Phi) is 3.95. The zero-order valence-electron chi connectivity index (χ0n) is 11.3. The zero-order chi connectivity index (χ0) is 13.9. The summed E-state index contributed by atoms with van der Waals surface area (Å²) in [5, 5.41) is 21.9. The molecule has 1 fully saturated rings. The molecule has 20 heavy (non-hydrogen) atoms. The summed E-state index contributed by atoms with van der Waals surface area (Å²) in [7, 11) is 0. The molecule has 3 N–H and O–H groups in total. The molecule has 1 atom stereocenters. The molecular formula is C14H20N2O4. The third kappa shape index (κ3) is 2.54. The van der Waals surface area contributed by atoms with E-state index in [1.165, 1.54) is 0 Å². The van der Waals surface area contributed by atoms with Crippen LogP contribution in [0.2, 0.25) is 0 Å². The minimum absolute atomic E-state index is 0.0421. The lowest BCUT2D eigenvalue weighted by molar-refractivity contribution is 0.0457. The van der Waals surface area contributed by atoms with Gasteiger partial charge < -0.3 is 29.9 Å². The van der Waals surface area contributed by atoms with Gasteiger partial charge in [-0.2, -0.15) is 0 Å². The normalized spacial score (nSPS) is 21.9. The Hall–Kier alpha value is -1.50. The molecule has 1 aromatic carbocycles. The van der Waals surface area contributed by atoms with Gasteiger partial charge in [0.15, 0.2) is 17.6 Å². The van der Waals surface area contributed by atoms with E-state index in [1.807, 2.05) is 6.07 Å². The van der Waals surface area contributed by atoms with Gasteiger partial charge in [0.2, 0.25) is 0 Å². The number of benzene rings is 1. The fourth-order valence-electron chi connectivity index (χ4n) is 2.59. The Morgan fingerprint density at radius 2 is 2.05 bits per heavy atom. The highest BCUT2D eigenvalue weighted by molar-refractivity contribution is 5.67. The van der Waals surface area contributed by atoms with Crippen molar-refractivity contribution in [3.63, 3.8) is 0 Å². The summed E-state index contributed by atoms with van der Waals surface area (Å²) in [6.45, 7) is 3.88. The largest absolute Gasteiger partial charge is 0.484 e. The second-order valence-corrected chi connectivity index (χ2v) is 5.07. The van der Waals surface area contributed by atoms with Crippen molar-refractivity contribution in [2.24, 2.45) is 0 Å². The standard InChI is InChI=1S/C14H20N2O4/c17-7-10-5-12(16-3-1-15-2-4-16)14-13(6-10)20-11(8-18)9-19-14/h5-6,11,15,17-18H,1-4,7-9H2. The summed E-state index contributed by atoms with van der Waals surface area (Å²) in [4.78, 5) is 2.23. The van der Waals surface area contributed by atoms with Crippen molar-refractivity contribution in [2.75, 3.05) is 44.3 Å². The van der Waals surface area contributed by atoms with E-state index >= 15 is 0 Å². The maximum absolute atomic E-state index is 9.41. The molecule has 1 saturated heterocycles. The van der Waals surface area contributed by atoms with E-state index < -0.39 is 0 Å². The summed E-state index contributed by atoms with van der Waals surface area (Å²) in [6, 6.07) is 3.73. The van der Waals surface area contributed by atoms with Crippen molar-refractivity contribution in [3.05, 3.63) is 17.7 Å². The van der Waals surface area contributed by atoms with Crippen LogP contribution in [0.3, 0.4) is 0 Å². The molecule has 1 aromatic rings. The maximum Gasteiger partial charge on any atom is 0.184 e. The first kappa shape index (κ1) is 13.5. The Morgan fingerprint density at radius 3 is 2.75 bits per heavy atom. The van der Waals surface area contributed by atoms with Crippen LogP contribution < -0.4 is 19.7 Å². The quantitative estimate of drug-likeness (QED) is 0.707. The van der Waals surface area contributed by atoms with Crippen LogP contribution in [-0.2, 0) is 6.61 Å². The summed E-state index contributed by atoms with van der Waals surface area (Å²) in [5.41, 5.74) is 1.75. The lowest BCUT2D eigenvalue weighted by atomic mass is 10.1. The highest BCUT2D eigenvalue weighted by atomic mass is 16.6. The van der Waals surface area contributed by atoms with Crippen LogP contribution in [-0.4, -0.2) is 55.7 Å². The Labute approximate surface area is 117 Å². The molecule has 0 saturated carbocycles. The number of hydrogen-bond donors (Lipinski definition) is 3. The van der Waals surface area contributed by atoms with Crippen LogP contribution in [0.4, 0.5) is 5.69 Å². The van der Waals surface area contributed by atoms with Gasteiger partial charge >= 0.3 is 0 Å². The fraction of sp³-hybridized carbons (Fsp3) is 0.571. The van der Waals surface area contributed by atoms with E-state index in [2.05, 4.69) is 10.2 Å². The van der Waals surface area contributed by atoms with Crippen LogP contribution in [0, 0.1) is 0 Å². The van der Waals surface area contributed by atoms with E-state index in [0.29, 0.717) is 18.1 Å². The molecule has 2 aliphatic rings. The predicted octanol–water partition coefficient (Wildman–Crippen LogP) is -0.279. The Bertz CT molecular complexity index is 474. The molecule has 0 bridgehead atoms. The number of hydrogen-bond acceptors (Lipinski definition) is 6. The van der Waals surface area contributed by atoms with E-state index in [4.69, 9.17) is 9.47 Å². The highest BCUT2D eigenvalue weighted by Gasteiger charge is 2.26. The van der Waals surface area contributed by atoms with E-state index in [-0.39, 0.29) is 19.3 Å². The lowest BCUT2D eigenvalue weighted by Crippen LogP contribution is -2.44. The number of nitrogens with zero attached hydrogens (tertiary/aromatic N) is 1. The van der Waals surface area contributed by atoms with Crippen LogP contribution in [0.15, 0.2) is 12.1 Å². The molecule has 0 spiro atoms. The summed E-state index contributed by atoms with van der Waals surface area (Å²) < 4.78 is 11.5. The third-order valence-electron chi connectivity index (χ3n) is 3.65. The minimum Gasteiger partial charge on any atom is -0.484 e. The first-order chi connectivity index (χ1) is 9.81. The van der Waals surface area contributed by atoms with Crippen LogP contribution in [0.25, 0.3) is 0 Å². The molecule has 2 heterocycles. The van der Waals surface area contributed by atoms with E-state index in [9.17, 15) is 10.2 Å². The number of piperazine rings is 1. The number of aliphatic hydroxyl groups is 2. The average molecular weight is 280 g/mol. The van der Waals surface area contributed by atoms with E-state index in [0.717, 1.165) is 37.4 Å². The molecule has 0 aliphatic carbocycles. The predicted molar refractivity (Wildman–Crippen MR) is 74.4 cm³/mol. The van der Waals surface area contributed by atoms with E-state index in [1.54, 1.807) is 6.07 Å². The van der Waals surface area contributed by atoms with Gasteiger partial charge in [-0.3, -0.25) is 0 Å². The topological polar surface area (TPSA) is 74.2 Å². The molecule has 6 nitrogen and oxygen atoms in total. The van der Waals surface area contributed by atoms with Crippen molar-refractivity contribution in [1.29, 1.82) is 0 Å². The van der Waals surface area contributed by atoms with Gasteiger partial charge in [0.1, 0.15) is 6.61 Å². The number of ether oxygens (including phenoxy) is 2. The van der Waals surface area contributed by atoms with Crippen LogP contribution in [0.5, 0.6) is 11.5 Å². The second-order valence-electron chi connectivity index (χ2n) is 5.07. The molecule has 0 aromatic heterocycles. The molecule has 0 amide bonds. The number of aliphatic hydroxyl groups excluding tert-OH is 2. The number of anilines is 1. The zero-order valence-corrected chi connectivity index (χ0v) is 11.3. The smallest absolute Gasteiger partial charge is 0.184 e. The van der Waals surface area contributed by atoms with Crippen LogP contribution in [0.1, 0.15) is 5.56 Å². The molecule has 110 valence electrons. The summed E-state index contributed by atoms with van der Waals surface area (Å²) in [6.07, 6.45) is -0.340. The first-order valence-corrected chi connectivity index (χ1v) is 6.95. The summed E-state index contributed by atoms with van der Waals surface area (Å²) >= 11 is 0. The van der Waals surface area contributed by atoms with Gasteiger partial charge in [0.25, 0.3) is 0 Å². The van der Waals surface area contributed by atoms with Crippen molar-refractivity contribution < 1.29 is 19.7 Å². The third-order valence-corrected chi connectivity index (χ3v) is 3.65. The molecule has 1 unspecified atom stereocenters. The Morgan fingerprint density at radius 1 is 1.25 bits per heavy atom. The Balaban J connectivity index is 1.96. The monoisotopic (exact) mass is 280 g/mol. The SMILES string of the molecule is OCc1cc2c(c(N3CCNCC3)c1)OCC(CO)O2. The van der Waals surface area contributed by atoms with Gasteiger partial charge in [0, 0.05) is 26.2 Å². The second kappa shape index (κ2) is 5.87. The minimum atomic E-state index is -0.340. The van der Waals surface area contributed by atoms with Crippen molar-refractivity contribution in [2.45, 2.75) is 12.7 Å². The van der Waals surface area contributed by atoms with Crippen molar-refractivity contribution in [3.8, 4) is 11.5 Å². The van der Waals surface area contributed by atoms with Crippen LogP contribution >= 0.6 is 0 Å². The average Bonchev–Trinajstić information content (AvgIpc) is 2.53. The molecule has 0 radical (unpaired) electrons. The molecule has 2 aliphatic heterocycles. The van der Waals surface area contributed by atoms with Gasteiger partial charge in [-0.1, -0.05) is 0 Å². The van der Waals surface area contributed by atoms with Gasteiger partial charge in [-0.25, -0.2) is 0 Å². The van der Waals surface area contributed by atoms with Gasteiger partial charge in [0.05, 0.1) is 18.9 Å². The number of fused-ring (bicyclic) bond motifs is 1. The van der Waals surface area contributed by atoms with Gasteiger partial charge in [-0.05, 0) is 17.7 Å². The molecule has 3 rings (SSSR count). The highest BCUT2D eigenvalue weighted by Crippen LogP contribution is 2.42. The lowest BCUT2D eigenvalue weighted by Gasteiger charge is -2.34. The van der Waals surface area contributed by atoms with Crippen molar-refractivity contribution in [1.82, 2.24) is 5.32 Å². The maximum atomic E-state index is 9.41. The van der Waals surface area contributed by atoms with Crippen molar-refractivity contribution >= 4 is 5.69 Å². The molecule has 6 heteroatoms. The number of nitrogens with one attached hydrogen (secondary N) is 1.